The third-order valence-electron chi connectivity index (χ3n) is 4.25. The molecule has 1 atom stereocenters. The lowest BCUT2D eigenvalue weighted by Crippen LogP contribution is -2.30. The van der Waals surface area contributed by atoms with Crippen LogP contribution in [-0.2, 0) is 0 Å². The molecule has 1 saturated heterocycles. The summed E-state index contributed by atoms with van der Waals surface area (Å²) < 4.78 is 0. The standard InChI is InChI=1S/C16H27N3/c1-3-18(4-2)11-7-13-19-12-6-9-16(19)15-8-5-10-17-14-15/h5,8,10,14,16H,3-4,6-7,9,11-13H2,1-2H3. The third-order valence-corrected chi connectivity index (χ3v) is 4.25. The monoisotopic (exact) mass is 261 g/mol. The molecule has 0 N–H and O–H groups in total. The molecule has 1 fully saturated rings. The van der Waals surface area contributed by atoms with Crippen molar-refractivity contribution in [2.24, 2.45) is 0 Å². The highest BCUT2D eigenvalue weighted by atomic mass is 15.2. The topological polar surface area (TPSA) is 19.4 Å². The van der Waals surface area contributed by atoms with Gasteiger partial charge in [0.2, 0.25) is 0 Å². The van der Waals surface area contributed by atoms with E-state index in [9.17, 15) is 0 Å². The van der Waals surface area contributed by atoms with Crippen molar-refractivity contribution in [3.05, 3.63) is 30.1 Å². The Hall–Kier alpha value is -0.930. The number of rotatable bonds is 7. The Morgan fingerprint density at radius 1 is 1.37 bits per heavy atom. The van der Waals surface area contributed by atoms with Gasteiger partial charge in [-0.2, -0.15) is 0 Å². The second kappa shape index (κ2) is 7.61. The van der Waals surface area contributed by atoms with Crippen molar-refractivity contribution in [3.8, 4) is 0 Å². The van der Waals surface area contributed by atoms with Crippen molar-refractivity contribution in [1.29, 1.82) is 0 Å². The number of hydrogen-bond donors (Lipinski definition) is 0. The van der Waals surface area contributed by atoms with Gasteiger partial charge in [-0.3, -0.25) is 9.88 Å². The average molecular weight is 261 g/mol. The van der Waals surface area contributed by atoms with Crippen LogP contribution in [0.25, 0.3) is 0 Å². The minimum Gasteiger partial charge on any atom is -0.304 e. The molecular formula is C16H27N3. The predicted molar refractivity (Wildman–Crippen MR) is 80.2 cm³/mol. The van der Waals surface area contributed by atoms with E-state index in [2.05, 4.69) is 40.8 Å². The van der Waals surface area contributed by atoms with Crippen LogP contribution in [-0.4, -0.2) is 47.5 Å². The fourth-order valence-electron chi connectivity index (χ4n) is 3.08. The maximum atomic E-state index is 4.26. The van der Waals surface area contributed by atoms with Crippen molar-refractivity contribution < 1.29 is 0 Å². The Labute approximate surface area is 117 Å². The Morgan fingerprint density at radius 3 is 2.89 bits per heavy atom. The van der Waals surface area contributed by atoms with Crippen LogP contribution in [0.4, 0.5) is 0 Å². The van der Waals surface area contributed by atoms with Gasteiger partial charge >= 0.3 is 0 Å². The van der Waals surface area contributed by atoms with E-state index in [-0.39, 0.29) is 0 Å². The van der Waals surface area contributed by atoms with Crippen LogP contribution in [0.3, 0.4) is 0 Å². The Kier molecular flexibility index (Phi) is 5.80. The molecule has 0 aliphatic carbocycles. The summed E-state index contributed by atoms with van der Waals surface area (Å²) in [6.07, 6.45) is 7.79. The molecule has 0 spiro atoms. The molecule has 0 radical (unpaired) electrons. The summed E-state index contributed by atoms with van der Waals surface area (Å²) in [6.45, 7) is 10.5. The molecule has 1 aromatic heterocycles. The average Bonchev–Trinajstić information content (AvgIpc) is 2.93. The van der Waals surface area contributed by atoms with Gasteiger partial charge in [0.1, 0.15) is 0 Å². The molecule has 19 heavy (non-hydrogen) atoms. The fourth-order valence-corrected chi connectivity index (χ4v) is 3.08. The molecule has 2 heterocycles. The highest BCUT2D eigenvalue weighted by Gasteiger charge is 2.25. The van der Waals surface area contributed by atoms with Crippen molar-refractivity contribution >= 4 is 0 Å². The fraction of sp³-hybridized carbons (Fsp3) is 0.688. The molecule has 1 aliphatic rings. The number of hydrogen-bond acceptors (Lipinski definition) is 3. The first-order valence-corrected chi connectivity index (χ1v) is 7.71. The van der Waals surface area contributed by atoms with E-state index < -0.39 is 0 Å². The second-order valence-corrected chi connectivity index (χ2v) is 5.36. The summed E-state index contributed by atoms with van der Waals surface area (Å²) in [5.74, 6) is 0. The SMILES string of the molecule is CCN(CC)CCCN1CCCC1c1cccnc1. The Bertz CT molecular complexity index is 348. The highest BCUT2D eigenvalue weighted by Crippen LogP contribution is 2.31. The molecule has 0 amide bonds. The molecule has 3 nitrogen and oxygen atoms in total. The van der Waals surface area contributed by atoms with Crippen LogP contribution in [0.1, 0.15) is 44.7 Å². The number of pyridine rings is 1. The first-order chi connectivity index (χ1) is 9.35. The summed E-state index contributed by atoms with van der Waals surface area (Å²) >= 11 is 0. The van der Waals surface area contributed by atoms with Crippen molar-refractivity contribution in [2.45, 2.75) is 39.2 Å². The molecule has 0 aromatic carbocycles. The molecule has 0 bridgehead atoms. The quantitative estimate of drug-likeness (QED) is 0.752. The molecule has 1 unspecified atom stereocenters. The van der Waals surface area contributed by atoms with Crippen LogP contribution in [0.2, 0.25) is 0 Å². The first-order valence-electron chi connectivity index (χ1n) is 7.71. The van der Waals surface area contributed by atoms with Gasteiger partial charge in [0.05, 0.1) is 0 Å². The molecule has 3 heteroatoms. The Morgan fingerprint density at radius 2 is 2.21 bits per heavy atom. The van der Waals surface area contributed by atoms with Crippen LogP contribution in [0, 0.1) is 0 Å². The largest absolute Gasteiger partial charge is 0.304 e. The van der Waals surface area contributed by atoms with Gasteiger partial charge in [0.25, 0.3) is 0 Å². The van der Waals surface area contributed by atoms with E-state index in [1.165, 1.54) is 57.5 Å². The van der Waals surface area contributed by atoms with E-state index in [4.69, 9.17) is 0 Å². The number of likely N-dealkylation sites (tertiary alicyclic amines) is 1. The lowest BCUT2D eigenvalue weighted by molar-refractivity contribution is 0.225. The second-order valence-electron chi connectivity index (χ2n) is 5.36. The zero-order chi connectivity index (χ0) is 13.5. The normalized spacial score (nSPS) is 20.3. The summed E-state index contributed by atoms with van der Waals surface area (Å²) in [5.41, 5.74) is 1.39. The molecule has 106 valence electrons. The third kappa shape index (κ3) is 4.02. The van der Waals surface area contributed by atoms with Crippen molar-refractivity contribution in [1.82, 2.24) is 14.8 Å². The van der Waals surface area contributed by atoms with E-state index in [0.29, 0.717) is 6.04 Å². The molecule has 1 aliphatic heterocycles. The minimum absolute atomic E-state index is 0.602. The predicted octanol–water partition coefficient (Wildman–Crippen LogP) is 2.95. The van der Waals surface area contributed by atoms with Crippen molar-refractivity contribution in [2.75, 3.05) is 32.7 Å². The number of aromatic nitrogens is 1. The summed E-state index contributed by atoms with van der Waals surface area (Å²) in [6, 6.07) is 4.88. The molecule has 2 rings (SSSR count). The van der Waals surface area contributed by atoms with Gasteiger partial charge in [-0.25, -0.2) is 0 Å². The van der Waals surface area contributed by atoms with Crippen LogP contribution in [0.15, 0.2) is 24.5 Å². The minimum atomic E-state index is 0.602. The smallest absolute Gasteiger partial charge is 0.0363 e. The molecular weight excluding hydrogens is 234 g/mol. The summed E-state index contributed by atoms with van der Waals surface area (Å²) in [7, 11) is 0. The zero-order valence-electron chi connectivity index (χ0n) is 12.4. The maximum Gasteiger partial charge on any atom is 0.0363 e. The first kappa shape index (κ1) is 14.5. The van der Waals surface area contributed by atoms with E-state index >= 15 is 0 Å². The van der Waals surface area contributed by atoms with Gasteiger partial charge in [-0.15, -0.1) is 0 Å². The maximum absolute atomic E-state index is 4.26. The number of nitrogens with zero attached hydrogens (tertiary/aromatic N) is 3. The van der Waals surface area contributed by atoms with Crippen LogP contribution < -0.4 is 0 Å². The van der Waals surface area contributed by atoms with Gasteiger partial charge in [-0.1, -0.05) is 19.9 Å². The van der Waals surface area contributed by atoms with Crippen LogP contribution >= 0.6 is 0 Å². The zero-order valence-corrected chi connectivity index (χ0v) is 12.4. The summed E-state index contributed by atoms with van der Waals surface area (Å²) in [5, 5.41) is 0. The van der Waals surface area contributed by atoms with Gasteiger partial charge in [0, 0.05) is 18.4 Å². The Balaban J connectivity index is 1.83. The van der Waals surface area contributed by atoms with Gasteiger partial charge in [0.15, 0.2) is 0 Å². The van der Waals surface area contributed by atoms with E-state index in [1.807, 2.05) is 12.4 Å². The summed E-state index contributed by atoms with van der Waals surface area (Å²) in [4.78, 5) is 9.41. The highest BCUT2D eigenvalue weighted by molar-refractivity contribution is 5.15. The van der Waals surface area contributed by atoms with E-state index in [1.54, 1.807) is 0 Å². The van der Waals surface area contributed by atoms with Gasteiger partial charge < -0.3 is 4.90 Å². The van der Waals surface area contributed by atoms with Crippen LogP contribution in [0.5, 0.6) is 0 Å². The lowest BCUT2D eigenvalue weighted by Gasteiger charge is -2.26. The molecule has 1 aromatic rings. The van der Waals surface area contributed by atoms with Gasteiger partial charge in [-0.05, 0) is 63.6 Å². The van der Waals surface area contributed by atoms with E-state index in [0.717, 1.165) is 0 Å². The van der Waals surface area contributed by atoms with Crippen molar-refractivity contribution in [3.63, 3.8) is 0 Å². The molecule has 0 saturated carbocycles. The lowest BCUT2D eigenvalue weighted by atomic mass is 10.1.